The molecule has 11 nitrogen and oxygen atoms in total. The van der Waals surface area contributed by atoms with Gasteiger partial charge in [-0.2, -0.15) is 0 Å². The van der Waals surface area contributed by atoms with Gasteiger partial charge in [0.25, 0.3) is 0 Å². The van der Waals surface area contributed by atoms with E-state index < -0.39 is 7.82 Å². The molecule has 3 unspecified atom stereocenters. The molecule has 0 spiro atoms. The molecule has 1 saturated heterocycles. The Morgan fingerprint density at radius 3 is 3.07 bits per heavy atom. The van der Waals surface area contributed by atoms with Crippen molar-refractivity contribution in [2.24, 2.45) is 0 Å². The number of anilines is 1. The van der Waals surface area contributed by atoms with E-state index in [-0.39, 0.29) is 25.5 Å². The van der Waals surface area contributed by atoms with Crippen LogP contribution in [0.3, 0.4) is 0 Å². The van der Waals surface area contributed by atoms with E-state index in [0.717, 1.165) is 12.0 Å². The summed E-state index contributed by atoms with van der Waals surface area (Å²) < 4.78 is 42.3. The predicted octanol–water partition coefficient (Wildman–Crippen LogP) is 2.83. The lowest BCUT2D eigenvalue weighted by molar-refractivity contribution is -0.0227. The molecule has 1 fully saturated rings. The second kappa shape index (κ2) is 7.51. The molecule has 0 bridgehead atoms. The first-order valence-corrected chi connectivity index (χ1v) is 10.8. The van der Waals surface area contributed by atoms with Gasteiger partial charge >= 0.3 is 7.82 Å². The number of ether oxygens (including phenoxy) is 2. The van der Waals surface area contributed by atoms with Crippen LogP contribution >= 0.6 is 7.82 Å². The Hall–Kier alpha value is -2.72. The van der Waals surface area contributed by atoms with Gasteiger partial charge in [0.15, 0.2) is 11.5 Å². The van der Waals surface area contributed by atoms with Gasteiger partial charge in [-0.3, -0.25) is 13.6 Å². The Balaban J connectivity index is 1.22. The maximum Gasteiger partial charge on any atom is 0.530 e. The van der Waals surface area contributed by atoms with E-state index in [2.05, 4.69) is 15.0 Å². The summed E-state index contributed by atoms with van der Waals surface area (Å²) in [5.41, 5.74) is 7.72. The molecule has 0 amide bonds. The molecule has 0 radical (unpaired) electrons. The third-order valence-electron chi connectivity index (χ3n) is 5.06. The summed E-state index contributed by atoms with van der Waals surface area (Å²) in [5.74, 6) is 1.44. The third kappa shape index (κ3) is 3.50. The van der Waals surface area contributed by atoms with Crippen LogP contribution in [0.25, 0.3) is 11.2 Å². The van der Waals surface area contributed by atoms with Gasteiger partial charge in [0.05, 0.1) is 32.8 Å². The molecule has 5 rings (SSSR count). The Morgan fingerprint density at radius 1 is 1.30 bits per heavy atom. The summed E-state index contributed by atoms with van der Waals surface area (Å²) in [4.78, 5) is 12.4. The number of phosphoric acid groups is 1. The van der Waals surface area contributed by atoms with Crippen molar-refractivity contribution in [3.05, 3.63) is 36.4 Å². The molecular formula is C18H20N5O6P. The van der Waals surface area contributed by atoms with Crippen molar-refractivity contribution in [1.82, 2.24) is 19.5 Å². The first-order chi connectivity index (χ1) is 14.5. The average Bonchev–Trinajstić information content (AvgIpc) is 3.39. The number of methoxy groups -OCH3 is 1. The van der Waals surface area contributed by atoms with Crippen LogP contribution in [0.4, 0.5) is 5.82 Å². The molecule has 12 heteroatoms. The molecule has 4 heterocycles. The Bertz CT molecular complexity index is 1140. The number of nitrogen functional groups attached to an aromatic ring is 1. The number of nitrogens with two attached hydrogens (primary N) is 1. The van der Waals surface area contributed by atoms with E-state index in [9.17, 15) is 4.57 Å². The van der Waals surface area contributed by atoms with E-state index in [1.165, 1.54) is 6.33 Å². The monoisotopic (exact) mass is 433 g/mol. The molecule has 0 aliphatic carbocycles. The number of benzene rings is 1. The first kappa shape index (κ1) is 19.3. The van der Waals surface area contributed by atoms with Crippen molar-refractivity contribution in [1.29, 1.82) is 0 Å². The van der Waals surface area contributed by atoms with Crippen molar-refractivity contribution in [3.8, 4) is 11.5 Å². The third-order valence-corrected chi connectivity index (χ3v) is 6.39. The second-order valence-corrected chi connectivity index (χ2v) is 8.55. The zero-order valence-electron chi connectivity index (χ0n) is 16.1. The maximum atomic E-state index is 12.8. The summed E-state index contributed by atoms with van der Waals surface area (Å²) in [7, 11) is -2.15. The zero-order chi connectivity index (χ0) is 20.7. The van der Waals surface area contributed by atoms with Crippen molar-refractivity contribution in [3.63, 3.8) is 0 Å². The van der Waals surface area contributed by atoms with Gasteiger partial charge in [0.2, 0.25) is 0 Å². The molecule has 1 aromatic carbocycles. The van der Waals surface area contributed by atoms with Gasteiger partial charge in [-0.25, -0.2) is 19.5 Å². The molecule has 3 aromatic rings. The minimum absolute atomic E-state index is 0.0724. The van der Waals surface area contributed by atoms with E-state index >= 15 is 0 Å². The van der Waals surface area contributed by atoms with Gasteiger partial charge < -0.3 is 19.7 Å². The lowest BCUT2D eigenvalue weighted by Crippen LogP contribution is -2.18. The van der Waals surface area contributed by atoms with Crippen molar-refractivity contribution in [2.45, 2.75) is 31.8 Å². The number of rotatable bonds is 5. The summed E-state index contributed by atoms with van der Waals surface area (Å²) >= 11 is 0. The van der Waals surface area contributed by atoms with Crippen LogP contribution in [0.2, 0.25) is 0 Å². The highest BCUT2D eigenvalue weighted by molar-refractivity contribution is 7.49. The Labute approximate surface area is 171 Å². The largest absolute Gasteiger partial charge is 0.530 e. The van der Waals surface area contributed by atoms with Crippen LogP contribution in [-0.2, 0) is 25.0 Å². The lowest BCUT2D eigenvalue weighted by Gasteiger charge is -2.26. The standard InChI is InChI=1S/C18H20N5O6P/c1-25-12-2-4-14-11(6-12)7-26-30(24,29-14)27-8-13-3-5-15(28-13)23-10-22-16-17(19)20-9-21-18(16)23/h2,4,6,9-10,13,15H,3,5,7-8H2,1H3,(H2,19,20,21). The molecule has 2 aliphatic rings. The maximum absolute atomic E-state index is 12.8. The number of fused-ring (bicyclic) bond motifs is 2. The fraction of sp³-hybridized carbons (Fsp3) is 0.389. The highest BCUT2D eigenvalue weighted by atomic mass is 31.2. The number of phosphoric ester groups is 1. The van der Waals surface area contributed by atoms with Crippen LogP contribution in [0, 0.1) is 0 Å². The number of hydrogen-bond acceptors (Lipinski definition) is 10. The summed E-state index contributed by atoms with van der Waals surface area (Å²) in [5, 5.41) is 0. The fourth-order valence-electron chi connectivity index (χ4n) is 3.51. The Kier molecular flexibility index (Phi) is 4.82. The molecular weight excluding hydrogens is 413 g/mol. The molecule has 158 valence electrons. The number of aromatic nitrogens is 4. The number of hydrogen-bond donors (Lipinski definition) is 1. The first-order valence-electron chi connectivity index (χ1n) is 9.39. The smallest absolute Gasteiger partial charge is 0.497 e. The average molecular weight is 433 g/mol. The van der Waals surface area contributed by atoms with E-state index in [1.807, 2.05) is 4.57 Å². The van der Waals surface area contributed by atoms with Crippen molar-refractivity contribution >= 4 is 24.8 Å². The van der Waals surface area contributed by atoms with E-state index in [1.54, 1.807) is 31.6 Å². The van der Waals surface area contributed by atoms with Gasteiger partial charge in [0.1, 0.15) is 29.6 Å². The fourth-order valence-corrected chi connectivity index (χ4v) is 4.76. The highest BCUT2D eigenvalue weighted by Gasteiger charge is 2.37. The number of imidazole rings is 1. The van der Waals surface area contributed by atoms with Crippen LogP contribution < -0.4 is 15.0 Å². The predicted molar refractivity (Wildman–Crippen MR) is 105 cm³/mol. The summed E-state index contributed by atoms with van der Waals surface area (Å²) in [6.45, 7) is 0.184. The lowest BCUT2D eigenvalue weighted by atomic mass is 10.2. The van der Waals surface area contributed by atoms with Gasteiger partial charge in [-0.15, -0.1) is 0 Å². The minimum Gasteiger partial charge on any atom is -0.497 e. The molecule has 2 aromatic heterocycles. The molecule has 2 aliphatic heterocycles. The molecule has 3 atom stereocenters. The van der Waals surface area contributed by atoms with E-state index in [4.69, 9.17) is 28.8 Å². The topological polar surface area (TPSA) is 133 Å². The van der Waals surface area contributed by atoms with Crippen LogP contribution in [0.5, 0.6) is 11.5 Å². The van der Waals surface area contributed by atoms with Crippen LogP contribution in [0.1, 0.15) is 24.6 Å². The second-order valence-electron chi connectivity index (χ2n) is 6.95. The highest BCUT2D eigenvalue weighted by Crippen LogP contribution is 2.55. The molecule has 0 saturated carbocycles. The molecule has 30 heavy (non-hydrogen) atoms. The van der Waals surface area contributed by atoms with Gasteiger partial charge in [-0.05, 0) is 31.0 Å². The summed E-state index contributed by atoms with van der Waals surface area (Å²) in [6.07, 6.45) is 3.89. The van der Waals surface area contributed by atoms with Gasteiger partial charge in [-0.1, -0.05) is 0 Å². The SMILES string of the molecule is COc1ccc2c(c1)COP(=O)(OCC1CCC(n3cnc4c(N)ncnc43)O1)O2. The normalized spacial score (nSPS) is 25.8. The summed E-state index contributed by atoms with van der Waals surface area (Å²) in [6, 6.07) is 5.19. The number of nitrogens with zero attached hydrogens (tertiary/aromatic N) is 4. The zero-order valence-corrected chi connectivity index (χ0v) is 17.0. The molecule has 2 N–H and O–H groups in total. The van der Waals surface area contributed by atoms with Crippen molar-refractivity contribution < 1.29 is 27.6 Å². The van der Waals surface area contributed by atoms with Gasteiger partial charge in [0, 0.05) is 5.56 Å². The van der Waals surface area contributed by atoms with Crippen molar-refractivity contribution in [2.75, 3.05) is 19.5 Å². The van der Waals surface area contributed by atoms with E-state index in [0.29, 0.717) is 34.9 Å². The van der Waals surface area contributed by atoms with Crippen LogP contribution in [-0.4, -0.2) is 39.3 Å². The quantitative estimate of drug-likeness (QED) is 0.599. The Morgan fingerprint density at radius 2 is 2.20 bits per heavy atom. The van der Waals surface area contributed by atoms with Crippen LogP contribution in [0.15, 0.2) is 30.9 Å². The minimum atomic E-state index is -3.72.